The van der Waals surface area contributed by atoms with Crippen LogP contribution in [0.25, 0.3) is 0 Å². The lowest BCUT2D eigenvalue weighted by atomic mass is 10.2. The van der Waals surface area contributed by atoms with Crippen molar-refractivity contribution in [3.8, 4) is 0 Å². The summed E-state index contributed by atoms with van der Waals surface area (Å²) in [5, 5.41) is 11.0. The van der Waals surface area contributed by atoms with Crippen molar-refractivity contribution in [1.29, 1.82) is 0 Å². The van der Waals surface area contributed by atoms with Crippen LogP contribution in [0.2, 0.25) is 0 Å². The Balaban J connectivity index is 2.49. The first-order valence-electron chi connectivity index (χ1n) is 4.66. The fraction of sp³-hybridized carbons (Fsp3) is 0.500. The molecule has 15 heavy (non-hydrogen) atoms. The Morgan fingerprint density at radius 3 is 2.87 bits per heavy atom. The van der Waals surface area contributed by atoms with E-state index in [2.05, 4.69) is 18.7 Å². The highest BCUT2D eigenvalue weighted by atomic mass is 32.2. The number of carbonyl (C=O) groups is 1. The highest BCUT2D eigenvalue weighted by Crippen LogP contribution is 2.48. The van der Waals surface area contributed by atoms with Crippen LogP contribution in [-0.2, 0) is 0 Å². The molecule has 1 aromatic rings. The molecule has 0 unspecified atom stereocenters. The predicted molar refractivity (Wildman–Crippen MR) is 64.5 cm³/mol. The minimum absolute atomic E-state index is 0.0764. The summed E-state index contributed by atoms with van der Waals surface area (Å²) in [6.07, 6.45) is 0. The fourth-order valence-electron chi connectivity index (χ4n) is 1.81. The second kappa shape index (κ2) is 3.42. The van der Waals surface area contributed by atoms with Crippen molar-refractivity contribution in [3.63, 3.8) is 0 Å². The standard InChI is InChI=1S/C10H13NO2S2/c1-10(2)5-11(3)6-4-14-8(9(12)13)7(6)15-10/h4H,5H2,1-3H3,(H,12,13). The Bertz CT molecular complexity index is 412. The van der Waals surface area contributed by atoms with Gasteiger partial charge in [0.2, 0.25) is 0 Å². The molecule has 0 aromatic carbocycles. The molecule has 0 fully saturated rings. The first-order valence-corrected chi connectivity index (χ1v) is 6.35. The molecule has 3 nitrogen and oxygen atoms in total. The zero-order valence-corrected chi connectivity index (χ0v) is 10.5. The number of anilines is 1. The Labute approximate surface area is 97.1 Å². The molecule has 0 spiro atoms. The maximum absolute atomic E-state index is 11.0. The minimum atomic E-state index is -0.820. The largest absolute Gasteiger partial charge is 0.477 e. The molecule has 0 radical (unpaired) electrons. The smallest absolute Gasteiger partial charge is 0.347 e. The number of aromatic carboxylic acids is 1. The molecular formula is C10H13NO2S2. The van der Waals surface area contributed by atoms with Crippen LogP contribution in [-0.4, -0.2) is 29.4 Å². The zero-order valence-electron chi connectivity index (χ0n) is 8.90. The number of carboxylic acid groups (broad SMARTS) is 1. The van der Waals surface area contributed by atoms with Gasteiger partial charge in [0.15, 0.2) is 0 Å². The zero-order chi connectivity index (χ0) is 11.2. The van der Waals surface area contributed by atoms with Gasteiger partial charge in [-0.05, 0) is 13.8 Å². The van der Waals surface area contributed by atoms with Crippen molar-refractivity contribution < 1.29 is 9.90 Å². The average molecular weight is 243 g/mol. The number of thiophene rings is 1. The van der Waals surface area contributed by atoms with Crippen molar-refractivity contribution in [2.24, 2.45) is 0 Å². The summed E-state index contributed by atoms with van der Waals surface area (Å²) in [7, 11) is 2.01. The van der Waals surface area contributed by atoms with E-state index in [1.807, 2.05) is 12.4 Å². The molecule has 0 amide bonds. The Kier molecular flexibility index (Phi) is 2.47. The van der Waals surface area contributed by atoms with Gasteiger partial charge in [0.1, 0.15) is 4.88 Å². The lowest BCUT2D eigenvalue weighted by Crippen LogP contribution is -2.37. The topological polar surface area (TPSA) is 40.5 Å². The highest BCUT2D eigenvalue weighted by molar-refractivity contribution is 8.01. The van der Waals surface area contributed by atoms with Crippen LogP contribution in [0.15, 0.2) is 10.3 Å². The van der Waals surface area contributed by atoms with Gasteiger partial charge < -0.3 is 10.0 Å². The number of hydrogen-bond acceptors (Lipinski definition) is 4. The van der Waals surface area contributed by atoms with Crippen molar-refractivity contribution in [2.45, 2.75) is 23.5 Å². The summed E-state index contributed by atoms with van der Waals surface area (Å²) < 4.78 is 0.0764. The number of nitrogens with zero attached hydrogens (tertiary/aromatic N) is 1. The van der Waals surface area contributed by atoms with Gasteiger partial charge in [0.05, 0.1) is 10.6 Å². The molecule has 0 saturated heterocycles. The van der Waals surface area contributed by atoms with Gasteiger partial charge in [-0.25, -0.2) is 4.79 Å². The Morgan fingerprint density at radius 1 is 1.60 bits per heavy atom. The molecule has 5 heteroatoms. The number of rotatable bonds is 1. The molecule has 0 atom stereocenters. The van der Waals surface area contributed by atoms with Gasteiger partial charge in [-0.15, -0.1) is 23.1 Å². The maximum atomic E-state index is 11.0. The summed E-state index contributed by atoms with van der Waals surface area (Å²) in [6, 6.07) is 0. The van der Waals surface area contributed by atoms with Crippen LogP contribution in [0.1, 0.15) is 23.5 Å². The second-order valence-corrected chi connectivity index (χ2v) is 6.90. The van der Waals surface area contributed by atoms with Gasteiger partial charge >= 0.3 is 5.97 Å². The Hall–Kier alpha value is -0.680. The van der Waals surface area contributed by atoms with E-state index in [1.54, 1.807) is 11.8 Å². The van der Waals surface area contributed by atoms with Crippen LogP contribution in [0, 0.1) is 0 Å². The quantitative estimate of drug-likeness (QED) is 0.823. The SMILES string of the molecule is CN1CC(C)(C)Sc2c1csc2C(=O)O. The summed E-state index contributed by atoms with van der Waals surface area (Å²) in [5.41, 5.74) is 1.06. The summed E-state index contributed by atoms with van der Waals surface area (Å²) in [5.74, 6) is -0.820. The van der Waals surface area contributed by atoms with Crippen molar-refractivity contribution in [1.82, 2.24) is 0 Å². The van der Waals surface area contributed by atoms with Crippen LogP contribution >= 0.6 is 23.1 Å². The van der Waals surface area contributed by atoms with Crippen LogP contribution < -0.4 is 4.90 Å². The third-order valence-electron chi connectivity index (χ3n) is 2.33. The molecule has 0 saturated carbocycles. The number of hydrogen-bond donors (Lipinski definition) is 1. The molecular weight excluding hydrogens is 230 g/mol. The predicted octanol–water partition coefficient (Wildman–Crippen LogP) is 2.77. The van der Waals surface area contributed by atoms with E-state index in [0.29, 0.717) is 4.88 Å². The summed E-state index contributed by atoms with van der Waals surface area (Å²) in [6.45, 7) is 5.22. The lowest BCUT2D eigenvalue weighted by Gasteiger charge is -2.36. The third-order valence-corrected chi connectivity index (χ3v) is 4.71. The molecule has 1 aliphatic rings. The normalized spacial score (nSPS) is 18.7. The van der Waals surface area contributed by atoms with Gasteiger partial charge in [0.25, 0.3) is 0 Å². The molecule has 0 aliphatic carbocycles. The highest BCUT2D eigenvalue weighted by Gasteiger charge is 2.33. The van der Waals surface area contributed by atoms with E-state index in [1.165, 1.54) is 11.3 Å². The molecule has 82 valence electrons. The lowest BCUT2D eigenvalue weighted by molar-refractivity contribution is 0.0699. The molecule has 1 N–H and O–H groups in total. The van der Waals surface area contributed by atoms with Gasteiger partial charge in [-0.3, -0.25) is 0 Å². The first kappa shape index (κ1) is 10.8. The van der Waals surface area contributed by atoms with Crippen LogP contribution in [0.3, 0.4) is 0 Å². The maximum Gasteiger partial charge on any atom is 0.347 e. The number of carboxylic acids is 1. The van der Waals surface area contributed by atoms with Crippen molar-refractivity contribution in [3.05, 3.63) is 10.3 Å². The second-order valence-electron chi connectivity index (χ2n) is 4.30. The van der Waals surface area contributed by atoms with Crippen molar-refractivity contribution >= 4 is 34.8 Å². The molecule has 2 rings (SSSR count). The van der Waals surface area contributed by atoms with Crippen LogP contribution in [0.4, 0.5) is 5.69 Å². The first-order chi connectivity index (χ1) is 6.91. The molecule has 1 aromatic heterocycles. The van der Waals surface area contributed by atoms with E-state index in [4.69, 9.17) is 5.11 Å². The van der Waals surface area contributed by atoms with Gasteiger partial charge in [0, 0.05) is 23.7 Å². The number of fused-ring (bicyclic) bond motifs is 1. The molecule has 2 heterocycles. The molecule has 1 aliphatic heterocycles. The fourth-order valence-corrected chi connectivity index (χ4v) is 4.31. The molecule has 0 bridgehead atoms. The van der Waals surface area contributed by atoms with Crippen molar-refractivity contribution in [2.75, 3.05) is 18.5 Å². The van der Waals surface area contributed by atoms with Gasteiger partial charge in [-0.2, -0.15) is 0 Å². The van der Waals surface area contributed by atoms with E-state index in [-0.39, 0.29) is 4.75 Å². The monoisotopic (exact) mass is 243 g/mol. The van der Waals surface area contributed by atoms with E-state index < -0.39 is 5.97 Å². The average Bonchev–Trinajstić information content (AvgIpc) is 2.45. The summed E-state index contributed by atoms with van der Waals surface area (Å²) in [4.78, 5) is 14.6. The van der Waals surface area contributed by atoms with Crippen LogP contribution in [0.5, 0.6) is 0 Å². The number of thioether (sulfide) groups is 1. The minimum Gasteiger partial charge on any atom is -0.477 e. The van der Waals surface area contributed by atoms with Gasteiger partial charge in [-0.1, -0.05) is 0 Å². The van der Waals surface area contributed by atoms with E-state index >= 15 is 0 Å². The van der Waals surface area contributed by atoms with E-state index in [0.717, 1.165) is 17.1 Å². The third kappa shape index (κ3) is 1.86. The Morgan fingerprint density at radius 2 is 2.27 bits per heavy atom. The van der Waals surface area contributed by atoms with E-state index in [9.17, 15) is 4.79 Å². The summed E-state index contributed by atoms with van der Waals surface area (Å²) >= 11 is 2.98.